The first-order valence-electron chi connectivity index (χ1n) is 3.79. The molecule has 2 nitrogen and oxygen atoms in total. The molecule has 1 aromatic heterocycles. The molecule has 0 spiro atoms. The molecule has 0 radical (unpaired) electrons. The SMILES string of the molecule is [C-]#[N+]c1cnc(C(F)(F)CI)c(C)c1. The zero-order valence-corrected chi connectivity index (χ0v) is 9.55. The van der Waals surface area contributed by atoms with E-state index in [-0.39, 0.29) is 15.8 Å². The molecule has 1 aromatic rings. The average molecular weight is 308 g/mol. The van der Waals surface area contributed by atoms with Gasteiger partial charge in [0.15, 0.2) is 0 Å². The number of rotatable bonds is 2. The molecule has 0 aromatic carbocycles. The van der Waals surface area contributed by atoms with Gasteiger partial charge in [-0.2, -0.15) is 8.78 Å². The minimum atomic E-state index is -2.91. The van der Waals surface area contributed by atoms with Crippen molar-refractivity contribution in [3.05, 3.63) is 34.9 Å². The summed E-state index contributed by atoms with van der Waals surface area (Å²) in [5.41, 5.74) is 0.412. The van der Waals surface area contributed by atoms with Gasteiger partial charge in [0.1, 0.15) is 5.69 Å². The first-order chi connectivity index (χ1) is 6.51. The van der Waals surface area contributed by atoms with E-state index >= 15 is 0 Å². The molecule has 0 N–H and O–H groups in total. The van der Waals surface area contributed by atoms with Crippen molar-refractivity contribution in [3.8, 4) is 0 Å². The van der Waals surface area contributed by atoms with Crippen LogP contribution in [-0.2, 0) is 5.92 Å². The average Bonchev–Trinajstić information content (AvgIpc) is 2.17. The smallest absolute Gasteiger partial charge is 0.266 e. The minimum absolute atomic E-state index is 0.237. The Morgan fingerprint density at radius 1 is 1.64 bits per heavy atom. The number of pyridine rings is 1. The van der Waals surface area contributed by atoms with Crippen molar-refractivity contribution in [2.45, 2.75) is 12.8 Å². The fourth-order valence-electron chi connectivity index (χ4n) is 1.07. The van der Waals surface area contributed by atoms with Crippen LogP contribution in [0.5, 0.6) is 0 Å². The lowest BCUT2D eigenvalue weighted by molar-refractivity contribution is 0.0211. The van der Waals surface area contributed by atoms with Crippen molar-refractivity contribution >= 4 is 28.3 Å². The summed E-state index contributed by atoms with van der Waals surface area (Å²) >= 11 is 1.62. The molecule has 0 saturated carbocycles. The number of hydrogen-bond donors (Lipinski definition) is 0. The van der Waals surface area contributed by atoms with Crippen LogP contribution in [0.25, 0.3) is 4.85 Å². The van der Waals surface area contributed by atoms with Crippen molar-refractivity contribution < 1.29 is 8.78 Å². The van der Waals surface area contributed by atoms with Crippen LogP contribution in [0.2, 0.25) is 0 Å². The molecule has 74 valence electrons. The predicted molar refractivity (Wildman–Crippen MR) is 58.0 cm³/mol. The summed E-state index contributed by atoms with van der Waals surface area (Å²) in [5.74, 6) is -2.91. The standard InChI is InChI=1S/C9H7F2IN2/c1-6-3-7(13-2)4-14-8(6)9(10,11)5-12/h3-4H,5H2,1H3. The summed E-state index contributed by atoms with van der Waals surface area (Å²) < 4.78 is 26.2. The molecule has 0 amide bonds. The maximum Gasteiger partial charge on any atom is 0.298 e. The van der Waals surface area contributed by atoms with Gasteiger partial charge in [-0.1, -0.05) is 22.6 Å². The van der Waals surface area contributed by atoms with E-state index in [1.807, 2.05) is 0 Å². The monoisotopic (exact) mass is 308 g/mol. The molecule has 0 atom stereocenters. The third-order valence-electron chi connectivity index (χ3n) is 1.71. The van der Waals surface area contributed by atoms with E-state index in [0.29, 0.717) is 5.56 Å². The number of halogens is 3. The van der Waals surface area contributed by atoms with Gasteiger partial charge in [-0.3, -0.25) is 4.98 Å². The Labute approximate surface area is 94.3 Å². The van der Waals surface area contributed by atoms with Crippen LogP contribution >= 0.6 is 22.6 Å². The molecule has 0 fully saturated rings. The lowest BCUT2D eigenvalue weighted by Gasteiger charge is -2.14. The van der Waals surface area contributed by atoms with Crippen LogP contribution in [0.1, 0.15) is 11.3 Å². The highest BCUT2D eigenvalue weighted by Gasteiger charge is 2.33. The normalized spacial score (nSPS) is 11.1. The highest BCUT2D eigenvalue weighted by molar-refractivity contribution is 14.1. The van der Waals surface area contributed by atoms with Gasteiger partial charge < -0.3 is 0 Å². The van der Waals surface area contributed by atoms with Crippen molar-refractivity contribution in [3.63, 3.8) is 0 Å². The third kappa shape index (κ3) is 2.18. The number of aryl methyl sites for hydroxylation is 1. The zero-order chi connectivity index (χ0) is 10.8. The highest BCUT2D eigenvalue weighted by atomic mass is 127. The Balaban J connectivity index is 3.20. The summed E-state index contributed by atoms with van der Waals surface area (Å²) in [6, 6.07) is 1.43. The molecule has 1 rings (SSSR count). The summed E-state index contributed by atoms with van der Waals surface area (Å²) in [4.78, 5) is 6.74. The third-order valence-corrected chi connectivity index (χ3v) is 2.67. The van der Waals surface area contributed by atoms with E-state index in [4.69, 9.17) is 6.57 Å². The Morgan fingerprint density at radius 3 is 2.71 bits per heavy atom. The van der Waals surface area contributed by atoms with Crippen molar-refractivity contribution in [1.29, 1.82) is 0 Å². The molecule has 14 heavy (non-hydrogen) atoms. The first kappa shape index (κ1) is 11.3. The van der Waals surface area contributed by atoms with Crippen LogP contribution in [0, 0.1) is 13.5 Å². The van der Waals surface area contributed by atoms with Crippen molar-refractivity contribution in [2.75, 3.05) is 4.43 Å². The molecular formula is C9H7F2IN2. The minimum Gasteiger partial charge on any atom is -0.266 e. The topological polar surface area (TPSA) is 17.2 Å². The summed E-state index contributed by atoms with van der Waals surface area (Å²) in [7, 11) is 0. The van der Waals surface area contributed by atoms with E-state index in [2.05, 4.69) is 9.83 Å². The van der Waals surface area contributed by atoms with Gasteiger partial charge in [0.05, 0.1) is 11.0 Å². The molecule has 0 aliphatic carbocycles. The van der Waals surface area contributed by atoms with Gasteiger partial charge in [-0.25, -0.2) is 4.85 Å². The van der Waals surface area contributed by atoms with Crippen LogP contribution in [0.15, 0.2) is 12.3 Å². The number of nitrogens with zero attached hydrogens (tertiary/aromatic N) is 2. The first-order valence-corrected chi connectivity index (χ1v) is 5.32. The molecule has 1 heterocycles. The van der Waals surface area contributed by atoms with Crippen LogP contribution in [0.4, 0.5) is 14.5 Å². The van der Waals surface area contributed by atoms with Gasteiger partial charge in [0.2, 0.25) is 5.69 Å². The largest absolute Gasteiger partial charge is 0.298 e. The van der Waals surface area contributed by atoms with Crippen LogP contribution < -0.4 is 0 Å². The van der Waals surface area contributed by atoms with Gasteiger partial charge in [-0.15, -0.1) is 0 Å². The van der Waals surface area contributed by atoms with E-state index in [9.17, 15) is 8.78 Å². The lowest BCUT2D eigenvalue weighted by Crippen LogP contribution is -2.18. The van der Waals surface area contributed by atoms with Crippen molar-refractivity contribution in [1.82, 2.24) is 4.98 Å². The highest BCUT2D eigenvalue weighted by Crippen LogP contribution is 2.31. The van der Waals surface area contributed by atoms with E-state index in [0.717, 1.165) is 0 Å². The van der Waals surface area contributed by atoms with Crippen molar-refractivity contribution in [2.24, 2.45) is 0 Å². The van der Waals surface area contributed by atoms with Crippen LogP contribution in [0.3, 0.4) is 0 Å². The molecule has 0 saturated heterocycles. The fourth-order valence-corrected chi connectivity index (χ4v) is 1.43. The van der Waals surface area contributed by atoms with Gasteiger partial charge >= 0.3 is 0 Å². The Morgan fingerprint density at radius 2 is 2.29 bits per heavy atom. The maximum absolute atomic E-state index is 13.2. The van der Waals surface area contributed by atoms with E-state index < -0.39 is 5.92 Å². The second kappa shape index (κ2) is 4.17. The summed E-state index contributed by atoms with van der Waals surface area (Å²) in [6.07, 6.45) is 1.18. The number of alkyl halides is 3. The predicted octanol–water partition coefficient (Wildman–Crippen LogP) is 3.47. The van der Waals surface area contributed by atoms with E-state index in [1.54, 1.807) is 22.6 Å². The van der Waals surface area contributed by atoms with Gasteiger partial charge in [0, 0.05) is 6.20 Å². The Bertz CT molecular complexity index is 385. The number of aromatic nitrogens is 1. The second-order valence-electron chi connectivity index (χ2n) is 2.81. The van der Waals surface area contributed by atoms with Gasteiger partial charge in [-0.05, 0) is 18.6 Å². The summed E-state index contributed by atoms with van der Waals surface area (Å²) in [5, 5.41) is 0. The molecule has 5 heteroatoms. The molecule has 0 aliphatic heterocycles. The zero-order valence-electron chi connectivity index (χ0n) is 7.39. The summed E-state index contributed by atoms with van der Waals surface area (Å²) in [6.45, 7) is 8.25. The Kier molecular flexibility index (Phi) is 3.37. The fraction of sp³-hybridized carbons (Fsp3) is 0.333. The maximum atomic E-state index is 13.2. The lowest BCUT2D eigenvalue weighted by atomic mass is 10.1. The van der Waals surface area contributed by atoms with Gasteiger partial charge in [0.25, 0.3) is 5.92 Å². The number of hydrogen-bond acceptors (Lipinski definition) is 1. The second-order valence-corrected chi connectivity index (χ2v) is 3.57. The molecule has 0 bridgehead atoms. The molecule has 0 aliphatic rings. The van der Waals surface area contributed by atoms with E-state index in [1.165, 1.54) is 19.2 Å². The van der Waals surface area contributed by atoms with Crippen LogP contribution in [-0.4, -0.2) is 9.41 Å². The molecular weight excluding hydrogens is 301 g/mol. The quantitative estimate of drug-likeness (QED) is 0.464. The Hall–Kier alpha value is -0.770. The molecule has 0 unspecified atom stereocenters.